The van der Waals surface area contributed by atoms with E-state index < -0.39 is 5.97 Å². The molecule has 2 N–H and O–H groups in total. The third kappa shape index (κ3) is 4.09. The van der Waals surface area contributed by atoms with Crippen molar-refractivity contribution < 1.29 is 9.90 Å². The predicted molar refractivity (Wildman–Crippen MR) is 53.7 cm³/mol. The van der Waals surface area contributed by atoms with Crippen molar-refractivity contribution in [1.82, 2.24) is 5.32 Å². The third-order valence-electron chi connectivity index (χ3n) is 1.37. The fourth-order valence-electron chi connectivity index (χ4n) is 0.793. The van der Waals surface area contributed by atoms with Gasteiger partial charge in [0.05, 0.1) is 11.9 Å². The number of carbonyl (C=O) groups is 1. The number of benzene rings is 1. The van der Waals surface area contributed by atoms with Crippen molar-refractivity contribution in [3.8, 4) is 0 Å². The van der Waals surface area contributed by atoms with Gasteiger partial charge in [0.15, 0.2) is 0 Å². The minimum Gasteiger partial charge on any atom is -0.480 e. The number of hydrogen-bond donors (Lipinski definition) is 2. The van der Waals surface area contributed by atoms with Crippen LogP contribution < -0.4 is 5.32 Å². The molecule has 0 aromatic heterocycles. The number of carboxylic acid groups (broad SMARTS) is 1. The molecule has 0 bridgehead atoms. The fourth-order valence-corrected chi connectivity index (χ4v) is 0.793. The van der Waals surface area contributed by atoms with Crippen LogP contribution >= 0.6 is 0 Å². The normalized spacial score (nSPS) is 8.57. The molecule has 1 aromatic rings. The fraction of sp³-hybridized carbons (Fsp3) is 0.100. The van der Waals surface area contributed by atoms with Gasteiger partial charge < -0.3 is 10.4 Å². The Balaban J connectivity index is 2.44. The molecule has 0 spiro atoms. The van der Waals surface area contributed by atoms with Crippen LogP contribution in [0.5, 0.6) is 0 Å². The molecule has 14 heavy (non-hydrogen) atoms. The minimum atomic E-state index is -0.914. The van der Waals surface area contributed by atoms with Gasteiger partial charge in [0.25, 0.3) is 0 Å². The van der Waals surface area contributed by atoms with Crippen LogP contribution in [0.4, 0.5) is 5.69 Å². The summed E-state index contributed by atoms with van der Waals surface area (Å²) in [6, 6.07) is 9.29. The second-order valence-corrected chi connectivity index (χ2v) is 2.50. The van der Waals surface area contributed by atoms with Gasteiger partial charge in [0.2, 0.25) is 0 Å². The van der Waals surface area contributed by atoms with Crippen LogP contribution in [0.3, 0.4) is 0 Å². The molecule has 1 rings (SSSR count). The Morgan fingerprint density at radius 3 is 2.86 bits per heavy atom. The summed E-state index contributed by atoms with van der Waals surface area (Å²) < 4.78 is 0. The first kappa shape index (κ1) is 10.0. The van der Waals surface area contributed by atoms with E-state index in [0.717, 1.165) is 5.69 Å². The summed E-state index contributed by atoms with van der Waals surface area (Å²) in [7, 11) is 0. The summed E-state index contributed by atoms with van der Waals surface area (Å²) in [6.07, 6.45) is 1.38. The Kier molecular flexibility index (Phi) is 3.98. The zero-order valence-electron chi connectivity index (χ0n) is 7.47. The highest BCUT2D eigenvalue weighted by Gasteiger charge is 1.88. The quantitative estimate of drug-likeness (QED) is 0.701. The Labute approximate surface area is 81.6 Å². The van der Waals surface area contributed by atoms with Crippen LogP contribution in [0.2, 0.25) is 0 Å². The lowest BCUT2D eigenvalue weighted by atomic mass is 10.3. The second-order valence-electron chi connectivity index (χ2n) is 2.50. The highest BCUT2D eigenvalue weighted by Crippen LogP contribution is 2.07. The van der Waals surface area contributed by atoms with E-state index in [9.17, 15) is 4.79 Å². The SMILES string of the molecule is O=C(O)CNC=C=Nc1ccccc1. The summed E-state index contributed by atoms with van der Waals surface area (Å²) in [5.74, 6) is 1.67. The van der Waals surface area contributed by atoms with Crippen LogP contribution in [0.15, 0.2) is 41.5 Å². The molecule has 4 heteroatoms. The largest absolute Gasteiger partial charge is 0.480 e. The van der Waals surface area contributed by atoms with Gasteiger partial charge in [-0.3, -0.25) is 4.79 Å². The number of nitrogens with zero attached hydrogens (tertiary/aromatic N) is 1. The molecule has 0 unspecified atom stereocenters. The van der Waals surface area contributed by atoms with Gasteiger partial charge in [-0.2, -0.15) is 0 Å². The molecule has 0 fully saturated rings. The Morgan fingerprint density at radius 2 is 2.21 bits per heavy atom. The summed E-state index contributed by atoms with van der Waals surface area (Å²) in [6.45, 7) is -0.128. The van der Waals surface area contributed by atoms with Gasteiger partial charge in [0.1, 0.15) is 6.54 Å². The van der Waals surface area contributed by atoms with Crippen molar-refractivity contribution >= 4 is 17.5 Å². The number of para-hydroxylation sites is 1. The average molecular weight is 190 g/mol. The first-order valence-electron chi connectivity index (χ1n) is 4.07. The molecule has 0 radical (unpaired) electrons. The first-order valence-corrected chi connectivity index (χ1v) is 4.07. The number of aliphatic imine (C=N–C) groups is 1. The third-order valence-corrected chi connectivity index (χ3v) is 1.37. The van der Waals surface area contributed by atoms with Gasteiger partial charge in [-0.15, -0.1) is 0 Å². The molecule has 0 atom stereocenters. The maximum absolute atomic E-state index is 10.1. The maximum Gasteiger partial charge on any atom is 0.322 e. The van der Waals surface area contributed by atoms with E-state index in [1.807, 2.05) is 30.3 Å². The summed E-state index contributed by atoms with van der Waals surface area (Å²) in [4.78, 5) is 14.0. The van der Waals surface area contributed by atoms with Crippen LogP contribution in [-0.2, 0) is 4.79 Å². The molecular formula is C10H10N2O2. The van der Waals surface area contributed by atoms with Gasteiger partial charge in [-0.05, 0) is 12.1 Å². The first-order chi connectivity index (χ1) is 6.79. The zero-order chi connectivity index (χ0) is 10.2. The van der Waals surface area contributed by atoms with Crippen molar-refractivity contribution in [3.63, 3.8) is 0 Å². The van der Waals surface area contributed by atoms with E-state index in [-0.39, 0.29) is 6.54 Å². The number of carboxylic acids is 1. The summed E-state index contributed by atoms with van der Waals surface area (Å²) >= 11 is 0. The van der Waals surface area contributed by atoms with Crippen LogP contribution in [-0.4, -0.2) is 23.5 Å². The zero-order valence-corrected chi connectivity index (χ0v) is 7.47. The van der Waals surface area contributed by atoms with E-state index in [0.29, 0.717) is 0 Å². The van der Waals surface area contributed by atoms with E-state index >= 15 is 0 Å². The minimum absolute atomic E-state index is 0.128. The van der Waals surface area contributed by atoms with Gasteiger partial charge in [0, 0.05) is 5.87 Å². The lowest BCUT2D eigenvalue weighted by Crippen LogP contribution is -2.16. The average Bonchev–Trinajstić information content (AvgIpc) is 2.18. The number of nitrogens with one attached hydrogen (secondary N) is 1. The van der Waals surface area contributed by atoms with Gasteiger partial charge in [-0.1, -0.05) is 18.2 Å². The molecule has 0 amide bonds. The molecule has 0 heterocycles. The van der Waals surface area contributed by atoms with Crippen molar-refractivity contribution in [2.45, 2.75) is 0 Å². The van der Waals surface area contributed by atoms with Gasteiger partial charge in [-0.25, -0.2) is 4.99 Å². The number of aliphatic carboxylic acids is 1. The number of rotatable bonds is 4. The molecule has 0 aliphatic rings. The lowest BCUT2D eigenvalue weighted by molar-refractivity contribution is -0.135. The molecule has 0 aliphatic carbocycles. The maximum atomic E-state index is 10.1. The molecule has 0 aliphatic heterocycles. The molecule has 4 nitrogen and oxygen atoms in total. The molecule has 0 saturated carbocycles. The van der Waals surface area contributed by atoms with E-state index in [1.165, 1.54) is 6.20 Å². The van der Waals surface area contributed by atoms with Crippen molar-refractivity contribution in [2.75, 3.05) is 6.54 Å². The van der Waals surface area contributed by atoms with E-state index in [4.69, 9.17) is 5.11 Å². The Bertz CT molecular complexity index is 354. The monoisotopic (exact) mass is 190 g/mol. The second kappa shape index (κ2) is 5.56. The Hall–Kier alpha value is -2.06. The topological polar surface area (TPSA) is 61.7 Å². The van der Waals surface area contributed by atoms with Crippen molar-refractivity contribution in [2.24, 2.45) is 4.99 Å². The van der Waals surface area contributed by atoms with Crippen molar-refractivity contribution in [3.05, 3.63) is 36.5 Å². The summed E-state index contributed by atoms with van der Waals surface area (Å²) in [5.41, 5.74) is 0.779. The lowest BCUT2D eigenvalue weighted by Gasteiger charge is -1.89. The van der Waals surface area contributed by atoms with Crippen LogP contribution in [0, 0.1) is 0 Å². The van der Waals surface area contributed by atoms with Crippen molar-refractivity contribution in [1.29, 1.82) is 0 Å². The predicted octanol–water partition coefficient (Wildman–Crippen LogP) is 1.18. The van der Waals surface area contributed by atoms with Crippen LogP contribution in [0.25, 0.3) is 0 Å². The molecule has 1 aromatic carbocycles. The highest BCUT2D eigenvalue weighted by atomic mass is 16.4. The van der Waals surface area contributed by atoms with E-state index in [2.05, 4.69) is 16.2 Å². The molecular weight excluding hydrogens is 180 g/mol. The summed E-state index contributed by atoms with van der Waals surface area (Å²) in [5, 5.41) is 10.8. The smallest absolute Gasteiger partial charge is 0.322 e. The molecule has 72 valence electrons. The van der Waals surface area contributed by atoms with Crippen LogP contribution in [0.1, 0.15) is 0 Å². The Morgan fingerprint density at radius 1 is 1.50 bits per heavy atom. The van der Waals surface area contributed by atoms with Gasteiger partial charge >= 0.3 is 5.97 Å². The van der Waals surface area contributed by atoms with E-state index in [1.54, 1.807) is 0 Å². The number of hydrogen-bond acceptors (Lipinski definition) is 3. The standard InChI is InChI=1S/C10H10N2O2/c13-10(14)8-11-6-7-12-9-4-2-1-3-5-9/h1-6,11H,8H2,(H,13,14). The molecule has 0 saturated heterocycles. The highest BCUT2D eigenvalue weighted by molar-refractivity contribution is 5.69.